The zero-order valence-electron chi connectivity index (χ0n) is 11.5. The smallest absolute Gasteiger partial charge is 0.245 e. The van der Waals surface area contributed by atoms with Crippen molar-refractivity contribution in [1.29, 1.82) is 0 Å². The fourth-order valence-corrected chi connectivity index (χ4v) is 3.31. The van der Waals surface area contributed by atoms with Gasteiger partial charge in [-0.1, -0.05) is 6.92 Å². The Morgan fingerprint density at radius 2 is 1.78 bits per heavy atom. The minimum absolute atomic E-state index is 0.0379. The molecule has 2 saturated heterocycles. The van der Waals surface area contributed by atoms with E-state index >= 15 is 0 Å². The van der Waals surface area contributed by atoms with Crippen LogP contribution in [0.4, 0.5) is 0 Å². The Morgan fingerprint density at radius 1 is 1.06 bits per heavy atom. The van der Waals surface area contributed by atoms with Crippen LogP contribution < -0.4 is 0 Å². The third-order valence-electron chi connectivity index (χ3n) is 4.32. The largest absolute Gasteiger partial charge is 0.338 e. The van der Waals surface area contributed by atoms with Gasteiger partial charge in [0.15, 0.2) is 0 Å². The maximum Gasteiger partial charge on any atom is 0.245 e. The molecule has 0 aromatic heterocycles. The average Bonchev–Trinajstić information content (AvgIpc) is 2.87. The lowest BCUT2D eigenvalue weighted by atomic mass is 9.98. The van der Waals surface area contributed by atoms with E-state index in [2.05, 4.69) is 6.92 Å². The van der Waals surface area contributed by atoms with Crippen molar-refractivity contribution >= 4 is 11.8 Å². The Kier molecular flexibility index (Phi) is 4.25. The average molecular weight is 252 g/mol. The summed E-state index contributed by atoms with van der Waals surface area (Å²) in [5.74, 6) is 0.227. The van der Waals surface area contributed by atoms with E-state index in [1.807, 2.05) is 4.90 Å². The Labute approximate surface area is 109 Å². The van der Waals surface area contributed by atoms with Crippen LogP contribution in [-0.2, 0) is 9.59 Å². The van der Waals surface area contributed by atoms with Gasteiger partial charge in [0.1, 0.15) is 6.04 Å². The Morgan fingerprint density at radius 3 is 2.44 bits per heavy atom. The van der Waals surface area contributed by atoms with Crippen molar-refractivity contribution < 1.29 is 9.59 Å². The SMILES string of the molecule is CC[C@H]1CCCCN1C(=O)[C@@H]1CCCN1C(C)=O. The summed E-state index contributed by atoms with van der Waals surface area (Å²) in [6.45, 7) is 5.34. The molecular weight excluding hydrogens is 228 g/mol. The lowest BCUT2D eigenvalue weighted by Gasteiger charge is -2.38. The molecule has 0 spiro atoms. The maximum atomic E-state index is 12.6. The van der Waals surface area contributed by atoms with Gasteiger partial charge in [-0.15, -0.1) is 0 Å². The monoisotopic (exact) mass is 252 g/mol. The number of amides is 2. The van der Waals surface area contributed by atoms with Crippen molar-refractivity contribution in [1.82, 2.24) is 9.80 Å². The van der Waals surface area contributed by atoms with Crippen LogP contribution in [0.15, 0.2) is 0 Å². The van der Waals surface area contributed by atoms with Gasteiger partial charge in [-0.05, 0) is 38.5 Å². The van der Waals surface area contributed by atoms with Gasteiger partial charge >= 0.3 is 0 Å². The molecule has 4 heteroatoms. The highest BCUT2D eigenvalue weighted by atomic mass is 16.2. The molecule has 2 fully saturated rings. The summed E-state index contributed by atoms with van der Waals surface area (Å²) in [6, 6.07) is 0.204. The Hall–Kier alpha value is -1.06. The zero-order valence-corrected chi connectivity index (χ0v) is 11.5. The molecular formula is C14H24N2O2. The van der Waals surface area contributed by atoms with E-state index in [4.69, 9.17) is 0 Å². The van der Waals surface area contributed by atoms with Gasteiger partial charge in [0.2, 0.25) is 11.8 Å². The molecule has 0 bridgehead atoms. The third kappa shape index (κ3) is 2.52. The second-order valence-corrected chi connectivity index (χ2v) is 5.46. The maximum absolute atomic E-state index is 12.6. The van der Waals surface area contributed by atoms with E-state index < -0.39 is 0 Å². The van der Waals surface area contributed by atoms with Crippen molar-refractivity contribution in [3.05, 3.63) is 0 Å². The van der Waals surface area contributed by atoms with E-state index in [1.165, 1.54) is 6.42 Å². The van der Waals surface area contributed by atoms with Crippen molar-refractivity contribution in [3.63, 3.8) is 0 Å². The summed E-state index contributed by atoms with van der Waals surface area (Å²) >= 11 is 0. The Bertz CT molecular complexity index is 330. The quantitative estimate of drug-likeness (QED) is 0.751. The standard InChI is InChI=1S/C14H24N2O2/c1-3-12-7-4-5-9-16(12)14(18)13-8-6-10-15(13)11(2)17/h12-13H,3-10H2,1-2H3/t12-,13-/m0/s1. The van der Waals surface area contributed by atoms with Crippen molar-refractivity contribution in [2.24, 2.45) is 0 Å². The molecule has 0 aromatic rings. The summed E-state index contributed by atoms with van der Waals surface area (Å²) in [6.07, 6.45) is 6.28. The predicted molar refractivity (Wildman–Crippen MR) is 70.1 cm³/mol. The highest BCUT2D eigenvalue weighted by molar-refractivity contribution is 5.87. The van der Waals surface area contributed by atoms with Crippen LogP contribution in [0.2, 0.25) is 0 Å². The molecule has 102 valence electrons. The summed E-state index contributed by atoms with van der Waals surface area (Å²) in [4.78, 5) is 28.0. The molecule has 0 aliphatic carbocycles. The molecule has 2 heterocycles. The minimum atomic E-state index is -0.186. The van der Waals surface area contributed by atoms with Gasteiger partial charge in [-0.25, -0.2) is 0 Å². The van der Waals surface area contributed by atoms with Crippen LogP contribution in [0.3, 0.4) is 0 Å². The highest BCUT2D eigenvalue weighted by Gasteiger charge is 2.37. The summed E-state index contributed by atoms with van der Waals surface area (Å²) in [7, 11) is 0. The van der Waals surface area contributed by atoms with E-state index in [9.17, 15) is 9.59 Å². The molecule has 4 nitrogen and oxygen atoms in total. The molecule has 0 radical (unpaired) electrons. The van der Waals surface area contributed by atoms with Crippen LogP contribution in [0.1, 0.15) is 52.4 Å². The first-order chi connectivity index (χ1) is 8.65. The van der Waals surface area contributed by atoms with Gasteiger partial charge in [-0.3, -0.25) is 9.59 Å². The van der Waals surface area contributed by atoms with Crippen LogP contribution in [0.25, 0.3) is 0 Å². The number of piperidine rings is 1. The first-order valence-corrected chi connectivity index (χ1v) is 7.22. The third-order valence-corrected chi connectivity index (χ3v) is 4.32. The van der Waals surface area contributed by atoms with E-state index in [0.29, 0.717) is 6.04 Å². The van der Waals surface area contributed by atoms with Crippen molar-refractivity contribution in [3.8, 4) is 0 Å². The molecule has 2 rings (SSSR count). The molecule has 18 heavy (non-hydrogen) atoms. The Balaban J connectivity index is 2.07. The number of rotatable bonds is 2. The molecule has 2 atom stereocenters. The zero-order chi connectivity index (χ0) is 13.1. The second kappa shape index (κ2) is 5.72. The van der Waals surface area contributed by atoms with E-state index in [-0.39, 0.29) is 17.9 Å². The molecule has 2 aliphatic rings. The van der Waals surface area contributed by atoms with Gasteiger partial charge in [-0.2, -0.15) is 0 Å². The number of nitrogens with zero attached hydrogens (tertiary/aromatic N) is 2. The highest BCUT2D eigenvalue weighted by Crippen LogP contribution is 2.25. The van der Waals surface area contributed by atoms with E-state index in [1.54, 1.807) is 11.8 Å². The van der Waals surface area contributed by atoms with Gasteiger partial charge in [0, 0.05) is 26.1 Å². The van der Waals surface area contributed by atoms with Gasteiger partial charge < -0.3 is 9.80 Å². The number of carbonyl (C=O) groups is 2. The number of carbonyl (C=O) groups excluding carboxylic acids is 2. The summed E-state index contributed by atoms with van der Waals surface area (Å²) in [5.41, 5.74) is 0. The first-order valence-electron chi connectivity index (χ1n) is 7.22. The predicted octanol–water partition coefficient (Wildman–Crippen LogP) is 1.79. The molecule has 0 aromatic carbocycles. The number of hydrogen-bond donors (Lipinski definition) is 0. The molecule has 2 aliphatic heterocycles. The summed E-state index contributed by atoms with van der Waals surface area (Å²) < 4.78 is 0. The second-order valence-electron chi connectivity index (χ2n) is 5.46. The van der Waals surface area contributed by atoms with Crippen molar-refractivity contribution in [2.75, 3.05) is 13.1 Å². The minimum Gasteiger partial charge on any atom is -0.338 e. The number of likely N-dealkylation sites (tertiary alicyclic amines) is 2. The van der Waals surface area contributed by atoms with Crippen LogP contribution >= 0.6 is 0 Å². The molecule has 0 unspecified atom stereocenters. The van der Waals surface area contributed by atoms with Gasteiger partial charge in [0.25, 0.3) is 0 Å². The fraction of sp³-hybridized carbons (Fsp3) is 0.857. The van der Waals surface area contributed by atoms with Gasteiger partial charge in [0.05, 0.1) is 0 Å². The van der Waals surface area contributed by atoms with Crippen LogP contribution in [0, 0.1) is 0 Å². The first kappa shape index (κ1) is 13.4. The molecule has 2 amide bonds. The molecule has 0 saturated carbocycles. The van der Waals surface area contributed by atoms with Crippen LogP contribution in [0.5, 0.6) is 0 Å². The summed E-state index contributed by atoms with van der Waals surface area (Å²) in [5, 5.41) is 0. The lowest BCUT2D eigenvalue weighted by Crippen LogP contribution is -2.52. The lowest BCUT2D eigenvalue weighted by molar-refractivity contribution is -0.145. The normalized spacial score (nSPS) is 28.6. The van der Waals surface area contributed by atoms with Crippen molar-refractivity contribution in [2.45, 2.75) is 64.5 Å². The van der Waals surface area contributed by atoms with E-state index in [0.717, 1.165) is 45.2 Å². The molecule has 0 N–H and O–H groups in total. The fourth-order valence-electron chi connectivity index (χ4n) is 3.31. The van der Waals surface area contributed by atoms with Crippen LogP contribution in [-0.4, -0.2) is 46.8 Å². The topological polar surface area (TPSA) is 40.6 Å². The number of hydrogen-bond acceptors (Lipinski definition) is 2.